The Bertz CT molecular complexity index is 2780. The minimum atomic E-state index is -2.43. The van der Waals surface area contributed by atoms with Crippen LogP contribution in [0, 0.1) is 5.92 Å². The molecular weight excluding hydrogens is 828 g/mol. The van der Waals surface area contributed by atoms with Gasteiger partial charge in [-0.25, -0.2) is 0 Å². The van der Waals surface area contributed by atoms with Gasteiger partial charge in [0.25, 0.3) is 5.91 Å². The zero-order valence-corrected chi connectivity index (χ0v) is 37.5. The number of benzene rings is 5. The van der Waals surface area contributed by atoms with Gasteiger partial charge in [-0.05, 0) is 77.2 Å². The molecular formula is C50H51ClN6O5Si. The lowest BCUT2D eigenvalue weighted by molar-refractivity contribution is -0.146. The molecule has 2 amide bonds. The number of carbonyl (C=O) groups excluding carboxylic acids is 2. The number of halogens is 1. The van der Waals surface area contributed by atoms with Crippen molar-refractivity contribution >= 4 is 59.0 Å². The third kappa shape index (κ3) is 7.86. The molecule has 2 aliphatic rings. The Balaban J connectivity index is 1.01. The maximum Gasteiger partial charge on any atom is 0.264 e. The van der Waals surface area contributed by atoms with Crippen LogP contribution in [-0.4, -0.2) is 64.8 Å². The number of carbonyl (C=O) groups is 2. The number of para-hydroxylation sites is 1. The number of rotatable bonds is 14. The number of aliphatic hydroxyl groups excluding tert-OH is 1. The molecule has 13 heteroatoms. The lowest BCUT2D eigenvalue weighted by Gasteiger charge is -2.37. The molecule has 7 aromatic rings. The van der Waals surface area contributed by atoms with Gasteiger partial charge in [-0.1, -0.05) is 115 Å². The summed E-state index contributed by atoms with van der Waals surface area (Å²) in [6, 6.07) is 39.4. The topological polar surface area (TPSA) is 135 Å². The van der Waals surface area contributed by atoms with E-state index in [1.807, 2.05) is 131 Å². The number of aliphatic hydroxyl groups is 1. The highest BCUT2D eigenvalue weighted by molar-refractivity contribution is 6.91. The third-order valence-corrected chi connectivity index (χ3v) is 17.9. The van der Waals surface area contributed by atoms with E-state index in [2.05, 4.69) is 52.8 Å². The fourth-order valence-electron chi connectivity index (χ4n) is 10.2. The highest BCUT2D eigenvalue weighted by Gasteiger charge is 2.66. The molecule has 1 unspecified atom stereocenters. The van der Waals surface area contributed by atoms with Crippen molar-refractivity contribution in [3.8, 4) is 5.75 Å². The summed E-state index contributed by atoms with van der Waals surface area (Å²) in [5, 5.41) is 25.2. The number of aromatic amines is 1. The summed E-state index contributed by atoms with van der Waals surface area (Å²) in [6.07, 6.45) is 4.25. The summed E-state index contributed by atoms with van der Waals surface area (Å²) in [5.41, 5.74) is 5.28. The van der Waals surface area contributed by atoms with Gasteiger partial charge in [-0.2, -0.15) is 0 Å². The Morgan fingerprint density at radius 2 is 1.78 bits per heavy atom. The molecule has 1 fully saturated rings. The first-order valence-corrected chi connectivity index (χ1v) is 24.9. The van der Waals surface area contributed by atoms with Crippen molar-refractivity contribution in [1.29, 1.82) is 0 Å². The number of aryl methyl sites for hydroxylation is 1. The fraction of sp³-hybridized carbons (Fsp3) is 0.280. The number of fused-ring (bicyclic) bond motifs is 3. The van der Waals surface area contributed by atoms with E-state index in [0.29, 0.717) is 29.4 Å². The van der Waals surface area contributed by atoms with Gasteiger partial charge >= 0.3 is 0 Å². The van der Waals surface area contributed by atoms with Crippen molar-refractivity contribution in [2.75, 3.05) is 23.9 Å². The molecule has 5 atom stereocenters. The van der Waals surface area contributed by atoms with E-state index in [0.717, 1.165) is 44.6 Å². The first-order valence-electron chi connectivity index (χ1n) is 21.4. The molecule has 63 heavy (non-hydrogen) atoms. The second-order valence-corrected chi connectivity index (χ2v) is 22.5. The fourth-order valence-corrected chi connectivity index (χ4v) is 14.4. The van der Waals surface area contributed by atoms with E-state index < -0.39 is 13.7 Å². The number of H-pyrrole nitrogens is 1. The maximum atomic E-state index is 15.5. The lowest BCUT2D eigenvalue weighted by Crippen LogP contribution is -2.51. The molecule has 0 aliphatic carbocycles. The molecule has 0 radical (unpaired) electrons. The van der Waals surface area contributed by atoms with E-state index in [1.54, 1.807) is 7.11 Å². The quantitative estimate of drug-likeness (QED) is 0.0933. The standard InChI is InChI=1S/C50H51ClN6O5Si/c1-32-48(63(3,4)39-20-18-38(61-2)19-21-39)46(23-24-56-30-44(54-55-56)41(31-58)34-12-6-5-7-13-34)62-50(32)42-27-36(51)17-22-45(42)57(49(50)60)29-33-11-10-14-37(25-33)53-47(59)26-35-28-52-43-16-9-8-15-40(35)43/h5-22,25,27-28,30,32,41,46,48,52,58H,23-24,26,29,31H2,1-4H3,(H,53,59)/t32-,41?,46+,48-,50+/m1/s1. The Morgan fingerprint density at radius 1 is 1.00 bits per heavy atom. The van der Waals surface area contributed by atoms with Gasteiger partial charge in [0.2, 0.25) is 5.91 Å². The molecule has 3 N–H and O–H groups in total. The molecule has 0 bridgehead atoms. The zero-order valence-electron chi connectivity index (χ0n) is 35.8. The Hall–Kier alpha value is -6.05. The molecule has 11 nitrogen and oxygen atoms in total. The summed E-state index contributed by atoms with van der Waals surface area (Å²) in [6.45, 7) is 7.55. The van der Waals surface area contributed by atoms with Crippen molar-refractivity contribution in [3.63, 3.8) is 0 Å². The summed E-state index contributed by atoms with van der Waals surface area (Å²) < 4.78 is 14.7. The minimum absolute atomic E-state index is 0.00480. The monoisotopic (exact) mass is 878 g/mol. The molecule has 1 spiro atoms. The number of hydrogen-bond donors (Lipinski definition) is 3. The third-order valence-electron chi connectivity index (χ3n) is 13.3. The van der Waals surface area contributed by atoms with Crippen molar-refractivity contribution in [2.45, 2.75) is 69.1 Å². The Labute approximate surface area is 373 Å². The van der Waals surface area contributed by atoms with E-state index in [-0.39, 0.29) is 54.9 Å². The van der Waals surface area contributed by atoms with Crippen LogP contribution < -0.4 is 20.1 Å². The van der Waals surface area contributed by atoms with Crippen LogP contribution >= 0.6 is 11.6 Å². The normalized spacial score (nSPS) is 20.1. The van der Waals surface area contributed by atoms with E-state index >= 15 is 4.79 Å². The number of nitrogens with one attached hydrogen (secondary N) is 2. The lowest BCUT2D eigenvalue weighted by atomic mass is 9.82. The van der Waals surface area contributed by atoms with Crippen molar-refractivity contribution in [2.24, 2.45) is 5.92 Å². The van der Waals surface area contributed by atoms with Crippen molar-refractivity contribution < 1.29 is 24.2 Å². The van der Waals surface area contributed by atoms with Crippen LogP contribution in [0.3, 0.4) is 0 Å². The first-order chi connectivity index (χ1) is 30.5. The molecule has 322 valence electrons. The largest absolute Gasteiger partial charge is 0.497 e. The number of amides is 2. The number of methoxy groups -OCH3 is 1. The molecule has 2 aliphatic heterocycles. The van der Waals surface area contributed by atoms with Crippen molar-refractivity contribution in [1.82, 2.24) is 20.0 Å². The highest BCUT2D eigenvalue weighted by Crippen LogP contribution is 2.60. The van der Waals surface area contributed by atoms with Crippen LogP contribution in [0.5, 0.6) is 5.75 Å². The predicted octanol–water partition coefficient (Wildman–Crippen LogP) is 8.58. The number of anilines is 2. The number of nitrogens with zero attached hydrogens (tertiary/aromatic N) is 4. The second-order valence-electron chi connectivity index (χ2n) is 17.3. The summed E-state index contributed by atoms with van der Waals surface area (Å²) in [7, 11) is -0.762. The van der Waals surface area contributed by atoms with E-state index in [4.69, 9.17) is 21.1 Å². The molecule has 5 aromatic carbocycles. The number of aromatic nitrogens is 4. The van der Waals surface area contributed by atoms with E-state index in [1.165, 1.54) is 5.19 Å². The smallest absolute Gasteiger partial charge is 0.264 e. The number of hydrogen-bond acceptors (Lipinski definition) is 7. The average Bonchev–Trinajstić information content (AvgIpc) is 4.05. The van der Waals surface area contributed by atoms with Gasteiger partial charge < -0.3 is 29.8 Å². The van der Waals surface area contributed by atoms with Crippen LogP contribution in [0.25, 0.3) is 10.9 Å². The summed E-state index contributed by atoms with van der Waals surface area (Å²) in [5.74, 6) is -0.0163. The zero-order chi connectivity index (χ0) is 43.9. The number of ether oxygens (including phenoxy) is 2. The van der Waals surface area contributed by atoms with Gasteiger partial charge in [-0.3, -0.25) is 14.3 Å². The highest BCUT2D eigenvalue weighted by atomic mass is 35.5. The molecule has 9 rings (SSSR count). The van der Waals surface area contributed by atoms with Gasteiger partial charge in [0, 0.05) is 52.0 Å². The predicted molar refractivity (Wildman–Crippen MR) is 249 cm³/mol. The van der Waals surface area contributed by atoms with E-state index in [9.17, 15) is 9.90 Å². The molecule has 0 saturated carbocycles. The van der Waals surface area contributed by atoms with Crippen LogP contribution in [0.4, 0.5) is 11.4 Å². The maximum absolute atomic E-state index is 15.5. The molecule has 2 aromatic heterocycles. The summed E-state index contributed by atoms with van der Waals surface area (Å²) >= 11 is 6.79. The van der Waals surface area contributed by atoms with Crippen LogP contribution in [0.2, 0.25) is 23.7 Å². The van der Waals surface area contributed by atoms with Crippen LogP contribution in [0.1, 0.15) is 47.2 Å². The average molecular weight is 880 g/mol. The van der Waals surface area contributed by atoms with Crippen LogP contribution in [0.15, 0.2) is 134 Å². The minimum Gasteiger partial charge on any atom is -0.497 e. The van der Waals surface area contributed by atoms with Gasteiger partial charge in [0.05, 0.1) is 58.2 Å². The Kier molecular flexibility index (Phi) is 11.6. The van der Waals surface area contributed by atoms with Crippen LogP contribution in [-0.2, 0) is 39.4 Å². The molecule has 1 saturated heterocycles. The molecule has 4 heterocycles. The SMILES string of the molecule is COc1ccc([Si](C)(C)[C@H]2[C@H](CCn3cc(C(CO)c4ccccc4)nn3)O[C@@]3(C(=O)N(Cc4cccc(NC(=O)Cc5c[nH]c6ccccc56)c4)c4ccc(Cl)cc43)[C@@H]2C)cc1. The second kappa shape index (κ2) is 17.3. The Morgan fingerprint density at radius 3 is 2.56 bits per heavy atom. The van der Waals surface area contributed by atoms with Gasteiger partial charge in [0.1, 0.15) is 5.75 Å². The van der Waals surface area contributed by atoms with Gasteiger partial charge in [0.15, 0.2) is 5.60 Å². The summed E-state index contributed by atoms with van der Waals surface area (Å²) in [4.78, 5) is 33.8. The van der Waals surface area contributed by atoms with Gasteiger partial charge in [-0.15, -0.1) is 5.10 Å². The van der Waals surface area contributed by atoms with Crippen molar-refractivity contribution in [3.05, 3.63) is 167 Å². The first kappa shape index (κ1) is 42.3.